The Labute approximate surface area is 428 Å². The number of anilines is 3. The average molecular weight is 943 g/mol. The number of ether oxygens (including phenoxy) is 2. The van der Waals surface area contributed by atoms with Crippen LogP contribution < -0.4 is 14.4 Å². The molecule has 10 aromatic carbocycles. The van der Waals surface area contributed by atoms with Crippen molar-refractivity contribution >= 4 is 51.0 Å². The molecule has 0 saturated carbocycles. The Morgan fingerprint density at radius 2 is 0.918 bits per heavy atom. The summed E-state index contributed by atoms with van der Waals surface area (Å²) in [4.78, 5) is 2.39. The van der Waals surface area contributed by atoms with Crippen LogP contribution >= 0.6 is 0 Å². The number of hydrogen-bond donors (Lipinski definition) is 0. The number of nitrogens with zero attached hydrogens (tertiary/aromatic N) is 2. The highest BCUT2D eigenvalue weighted by atomic mass is 16.5. The lowest BCUT2D eigenvalue weighted by Crippen LogP contribution is -2.16. The lowest BCUT2D eigenvalue weighted by molar-refractivity contribution is 0.306. The van der Waals surface area contributed by atoms with Crippen molar-refractivity contribution in [1.82, 2.24) is 4.57 Å². The first kappa shape index (κ1) is 45.0. The first-order chi connectivity index (χ1) is 35.8. The van der Waals surface area contributed by atoms with Crippen molar-refractivity contribution in [3.8, 4) is 50.6 Å². The van der Waals surface area contributed by atoms with E-state index in [1.54, 1.807) is 0 Å². The molecule has 0 saturated heterocycles. The summed E-state index contributed by atoms with van der Waals surface area (Å²) in [5.74, 6) is 1.63. The van der Waals surface area contributed by atoms with Crippen molar-refractivity contribution in [3.63, 3.8) is 0 Å². The number of fused-ring (bicyclic) bond motifs is 6. The maximum Gasteiger partial charge on any atom is 0.120 e. The van der Waals surface area contributed by atoms with E-state index in [9.17, 15) is 0 Å². The fourth-order valence-corrected chi connectivity index (χ4v) is 10.6. The van der Waals surface area contributed by atoms with Crippen LogP contribution in [-0.4, -0.2) is 4.57 Å². The molecule has 0 N–H and O–H groups in total. The largest absolute Gasteiger partial charge is 0.489 e. The highest BCUT2D eigenvalue weighted by Crippen LogP contribution is 2.51. The van der Waals surface area contributed by atoms with E-state index >= 15 is 0 Å². The molecule has 0 radical (unpaired) electrons. The standard InChI is InChI=1S/C69H54N2O2/c1-5-47-16-20-49(21-17-47)45-72-59-36-33-57(34-37-59)71-67-40-28-54(42-63(67)64-44-60(38-41-68(64)71)73-46-50-22-18-48(6-2)19-23-50)53-26-31-56(32-27-53)70(55-29-24-52(25-30-55)51-12-8-7-9-13-51)58-35-39-62-61-14-10-11-15-65(61)69(3,4)66(62)43-58/h5-44H,1-2,45-46H2,3-4H3. The van der Waals surface area contributed by atoms with Crippen molar-refractivity contribution < 1.29 is 9.47 Å². The van der Waals surface area contributed by atoms with E-state index in [2.05, 4.69) is 267 Å². The quantitative estimate of drug-likeness (QED) is 0.109. The number of aromatic nitrogens is 1. The van der Waals surface area contributed by atoms with Gasteiger partial charge in [0.25, 0.3) is 0 Å². The summed E-state index contributed by atoms with van der Waals surface area (Å²) < 4.78 is 15.1. The molecule has 4 nitrogen and oxygen atoms in total. The van der Waals surface area contributed by atoms with Gasteiger partial charge in [-0.25, -0.2) is 0 Å². The van der Waals surface area contributed by atoms with Gasteiger partial charge in [-0.1, -0.05) is 179 Å². The van der Waals surface area contributed by atoms with Gasteiger partial charge < -0.3 is 18.9 Å². The summed E-state index contributed by atoms with van der Waals surface area (Å²) in [6, 6.07) is 82.7. The highest BCUT2D eigenvalue weighted by molar-refractivity contribution is 6.11. The molecule has 0 unspecified atom stereocenters. The van der Waals surface area contributed by atoms with Crippen molar-refractivity contribution in [2.75, 3.05) is 4.90 Å². The molecule has 12 rings (SSSR count). The van der Waals surface area contributed by atoms with Crippen LogP contribution in [0.15, 0.2) is 244 Å². The molecule has 1 aliphatic rings. The maximum absolute atomic E-state index is 6.47. The van der Waals surface area contributed by atoms with E-state index in [0.29, 0.717) is 13.2 Å². The maximum atomic E-state index is 6.47. The molecule has 1 aromatic heterocycles. The molecular formula is C69H54N2O2. The van der Waals surface area contributed by atoms with Crippen LogP contribution in [0.1, 0.15) is 47.2 Å². The second-order valence-corrected chi connectivity index (χ2v) is 19.4. The fraction of sp³-hybridized carbons (Fsp3) is 0.0725. The zero-order valence-electron chi connectivity index (χ0n) is 41.1. The molecule has 0 amide bonds. The summed E-state index contributed by atoms with van der Waals surface area (Å²) in [5, 5.41) is 2.26. The van der Waals surface area contributed by atoms with Crippen molar-refractivity contribution in [2.45, 2.75) is 32.5 Å². The topological polar surface area (TPSA) is 26.6 Å². The molecule has 352 valence electrons. The molecule has 0 atom stereocenters. The number of rotatable bonds is 14. The third-order valence-corrected chi connectivity index (χ3v) is 14.6. The Hall–Kier alpha value is -9.12. The second-order valence-electron chi connectivity index (χ2n) is 19.4. The normalized spacial score (nSPS) is 12.3. The monoisotopic (exact) mass is 942 g/mol. The van der Waals surface area contributed by atoms with Gasteiger partial charge in [0.1, 0.15) is 24.7 Å². The van der Waals surface area contributed by atoms with Gasteiger partial charge in [-0.05, 0) is 158 Å². The van der Waals surface area contributed by atoms with Crippen molar-refractivity contribution in [1.29, 1.82) is 0 Å². The van der Waals surface area contributed by atoms with Crippen LogP contribution in [0.3, 0.4) is 0 Å². The predicted molar refractivity (Wildman–Crippen MR) is 306 cm³/mol. The minimum absolute atomic E-state index is 0.127. The van der Waals surface area contributed by atoms with Gasteiger partial charge in [0.05, 0.1) is 11.0 Å². The summed E-state index contributed by atoms with van der Waals surface area (Å²) in [6.07, 6.45) is 3.71. The molecule has 0 aliphatic heterocycles. The zero-order valence-corrected chi connectivity index (χ0v) is 41.1. The minimum atomic E-state index is -0.127. The molecule has 1 heterocycles. The van der Waals surface area contributed by atoms with Gasteiger partial charge in [-0.3, -0.25) is 0 Å². The highest BCUT2D eigenvalue weighted by Gasteiger charge is 2.35. The van der Waals surface area contributed by atoms with Crippen LogP contribution in [0, 0.1) is 0 Å². The number of benzene rings is 10. The third kappa shape index (κ3) is 8.57. The van der Waals surface area contributed by atoms with E-state index in [4.69, 9.17) is 9.47 Å². The molecule has 1 aliphatic carbocycles. The Bertz CT molecular complexity index is 3810. The van der Waals surface area contributed by atoms with Crippen molar-refractivity contribution in [2.24, 2.45) is 0 Å². The van der Waals surface area contributed by atoms with Gasteiger partial charge in [-0.2, -0.15) is 0 Å². The molecule has 0 fully saturated rings. The zero-order chi connectivity index (χ0) is 49.5. The van der Waals surface area contributed by atoms with E-state index in [0.717, 1.165) is 89.4 Å². The molecule has 11 aromatic rings. The molecule has 4 heteroatoms. The SMILES string of the molecule is C=Cc1ccc(COc2ccc(-n3c4ccc(OCc5ccc(C=C)cc5)cc4c4cc(-c5ccc(N(c6ccc(-c7ccccc7)cc6)c6ccc7c(c6)C(C)(C)c6ccccc6-7)cc5)ccc43)cc2)cc1. The summed E-state index contributed by atoms with van der Waals surface area (Å²) in [7, 11) is 0. The Morgan fingerprint density at radius 3 is 1.55 bits per heavy atom. The fourth-order valence-electron chi connectivity index (χ4n) is 10.6. The van der Waals surface area contributed by atoms with Gasteiger partial charge in [0.15, 0.2) is 0 Å². The Morgan fingerprint density at radius 1 is 0.425 bits per heavy atom. The Kier molecular flexibility index (Phi) is 11.7. The van der Waals surface area contributed by atoms with Crippen LogP contribution in [-0.2, 0) is 18.6 Å². The van der Waals surface area contributed by atoms with E-state index in [1.165, 1.54) is 33.4 Å². The smallest absolute Gasteiger partial charge is 0.120 e. The van der Waals surface area contributed by atoms with Crippen molar-refractivity contribution in [3.05, 3.63) is 277 Å². The first-order valence-electron chi connectivity index (χ1n) is 25.0. The third-order valence-electron chi connectivity index (χ3n) is 14.6. The average Bonchev–Trinajstić information content (AvgIpc) is 3.90. The lowest BCUT2D eigenvalue weighted by Gasteiger charge is -2.28. The lowest BCUT2D eigenvalue weighted by atomic mass is 9.82. The van der Waals surface area contributed by atoms with Gasteiger partial charge in [0.2, 0.25) is 0 Å². The van der Waals surface area contributed by atoms with E-state index in [-0.39, 0.29) is 5.41 Å². The summed E-state index contributed by atoms with van der Waals surface area (Å²) >= 11 is 0. The van der Waals surface area contributed by atoms with E-state index < -0.39 is 0 Å². The van der Waals surface area contributed by atoms with Crippen LogP contribution in [0.2, 0.25) is 0 Å². The van der Waals surface area contributed by atoms with Crippen LogP contribution in [0.5, 0.6) is 11.5 Å². The second kappa shape index (κ2) is 18.9. The van der Waals surface area contributed by atoms with Gasteiger partial charge in [-0.15, -0.1) is 0 Å². The predicted octanol–water partition coefficient (Wildman–Crippen LogP) is 18.3. The van der Waals surface area contributed by atoms with E-state index in [1.807, 2.05) is 12.2 Å². The van der Waals surface area contributed by atoms with Gasteiger partial charge >= 0.3 is 0 Å². The Balaban J connectivity index is 0.904. The molecular weight excluding hydrogens is 889 g/mol. The summed E-state index contributed by atoms with van der Waals surface area (Å²) in [6.45, 7) is 13.4. The molecule has 73 heavy (non-hydrogen) atoms. The first-order valence-corrected chi connectivity index (χ1v) is 25.0. The van der Waals surface area contributed by atoms with Gasteiger partial charge in [0, 0.05) is 38.9 Å². The minimum Gasteiger partial charge on any atom is -0.489 e. The molecule has 0 spiro atoms. The van der Waals surface area contributed by atoms with Crippen LogP contribution in [0.4, 0.5) is 17.1 Å². The summed E-state index contributed by atoms with van der Waals surface area (Å²) in [5.41, 5.74) is 20.8. The molecule has 0 bridgehead atoms. The van der Waals surface area contributed by atoms with Crippen LogP contribution in [0.25, 0.3) is 73.0 Å². The number of hydrogen-bond acceptors (Lipinski definition) is 3.